The zero-order chi connectivity index (χ0) is 18.2. The predicted octanol–water partition coefficient (Wildman–Crippen LogP) is 1.37. The van der Waals surface area contributed by atoms with E-state index in [2.05, 4.69) is 21.2 Å². The Kier molecular flexibility index (Phi) is 7.24. The number of ether oxygens (including phenoxy) is 1. The molecule has 1 N–H and O–H groups in total. The molecule has 25 heavy (non-hydrogen) atoms. The number of hydrogen-bond acceptors (Lipinski definition) is 4. The molecule has 136 valence electrons. The third-order valence-corrected chi connectivity index (χ3v) is 4.43. The Hall–Kier alpha value is -2.09. The van der Waals surface area contributed by atoms with Crippen molar-refractivity contribution in [2.45, 2.75) is 19.6 Å². The van der Waals surface area contributed by atoms with Crippen molar-refractivity contribution < 1.29 is 19.1 Å². The fourth-order valence-electron chi connectivity index (χ4n) is 2.54. The number of carbonyl (C=O) groups is 3. The summed E-state index contributed by atoms with van der Waals surface area (Å²) in [5.74, 6) is -0.379. The molecule has 0 unspecified atom stereocenters. The molecule has 0 saturated carbocycles. The van der Waals surface area contributed by atoms with Gasteiger partial charge in [-0.3, -0.25) is 9.59 Å². The lowest BCUT2D eigenvalue weighted by molar-refractivity contribution is -0.136. The second-order valence-corrected chi connectivity index (χ2v) is 6.34. The van der Waals surface area contributed by atoms with E-state index in [1.54, 1.807) is 16.7 Å². The van der Waals surface area contributed by atoms with Gasteiger partial charge in [0.05, 0.1) is 5.33 Å². The first-order valence-corrected chi connectivity index (χ1v) is 9.23. The summed E-state index contributed by atoms with van der Waals surface area (Å²) < 4.78 is 5.30. The van der Waals surface area contributed by atoms with Crippen molar-refractivity contribution in [3.8, 4) is 0 Å². The third kappa shape index (κ3) is 5.74. The van der Waals surface area contributed by atoms with Gasteiger partial charge in [-0.1, -0.05) is 46.3 Å². The van der Waals surface area contributed by atoms with Crippen molar-refractivity contribution in [2.24, 2.45) is 0 Å². The highest BCUT2D eigenvalue weighted by Crippen LogP contribution is 2.08. The highest BCUT2D eigenvalue weighted by atomic mass is 79.9. The number of nitrogens with zero attached hydrogens (tertiary/aromatic N) is 2. The van der Waals surface area contributed by atoms with Gasteiger partial charge in [0.15, 0.2) is 0 Å². The van der Waals surface area contributed by atoms with Crippen LogP contribution >= 0.6 is 15.9 Å². The Morgan fingerprint density at radius 1 is 1.12 bits per heavy atom. The summed E-state index contributed by atoms with van der Waals surface area (Å²) >= 11 is 3.05. The third-order valence-electron chi connectivity index (χ3n) is 3.92. The van der Waals surface area contributed by atoms with Crippen LogP contribution in [0.5, 0.6) is 0 Å². The van der Waals surface area contributed by atoms with Crippen LogP contribution < -0.4 is 5.32 Å². The number of hydrogen-bond donors (Lipinski definition) is 1. The fraction of sp³-hybridized carbons (Fsp3) is 0.471. The van der Waals surface area contributed by atoms with Crippen molar-refractivity contribution in [3.63, 3.8) is 0 Å². The number of nitrogens with one attached hydrogen (secondary N) is 1. The summed E-state index contributed by atoms with van der Waals surface area (Å²) in [5, 5.41) is 2.78. The highest BCUT2D eigenvalue weighted by molar-refractivity contribution is 9.09. The summed E-state index contributed by atoms with van der Waals surface area (Å²) in [7, 11) is 0. The molecule has 7 nitrogen and oxygen atoms in total. The summed E-state index contributed by atoms with van der Waals surface area (Å²) in [6, 6.07) is 8.90. The first-order chi connectivity index (χ1) is 12.0. The molecule has 3 amide bonds. The lowest BCUT2D eigenvalue weighted by Crippen LogP contribution is -2.55. The van der Waals surface area contributed by atoms with Crippen LogP contribution in [0, 0.1) is 0 Å². The van der Waals surface area contributed by atoms with Gasteiger partial charge in [-0.05, 0) is 12.5 Å². The molecule has 0 radical (unpaired) electrons. The molecular formula is C17H22BrN3O4. The predicted molar refractivity (Wildman–Crippen MR) is 96.2 cm³/mol. The molecule has 0 aliphatic carbocycles. The molecule has 1 aliphatic heterocycles. The number of alkyl halides is 1. The maximum absolute atomic E-state index is 12.3. The van der Waals surface area contributed by atoms with Crippen LogP contribution in [0.4, 0.5) is 4.79 Å². The van der Waals surface area contributed by atoms with Gasteiger partial charge in [0.2, 0.25) is 11.8 Å². The van der Waals surface area contributed by atoms with Crippen LogP contribution in [0.15, 0.2) is 30.3 Å². The van der Waals surface area contributed by atoms with Crippen molar-refractivity contribution in [3.05, 3.63) is 35.9 Å². The molecule has 0 spiro atoms. The minimum absolute atomic E-state index is 0.147. The second-order valence-electron chi connectivity index (χ2n) is 5.78. The largest absolute Gasteiger partial charge is 0.445 e. The maximum atomic E-state index is 12.3. The van der Waals surface area contributed by atoms with Crippen LogP contribution in [0.2, 0.25) is 0 Å². The van der Waals surface area contributed by atoms with Gasteiger partial charge in [-0.15, -0.1) is 0 Å². The molecule has 1 aromatic carbocycles. The molecule has 1 aromatic rings. The van der Waals surface area contributed by atoms with E-state index < -0.39 is 6.04 Å². The molecular weight excluding hydrogens is 390 g/mol. The zero-order valence-corrected chi connectivity index (χ0v) is 15.7. The monoisotopic (exact) mass is 411 g/mol. The van der Waals surface area contributed by atoms with Gasteiger partial charge >= 0.3 is 6.09 Å². The SMILES string of the molecule is C[C@H](NC(=O)CBr)C(=O)N1CCN(C(=O)OCc2ccccc2)CC1. The summed E-state index contributed by atoms with van der Waals surface area (Å²) in [6.07, 6.45) is -0.378. The highest BCUT2D eigenvalue weighted by Gasteiger charge is 2.28. The zero-order valence-electron chi connectivity index (χ0n) is 14.1. The van der Waals surface area contributed by atoms with Crippen molar-refractivity contribution in [1.29, 1.82) is 0 Å². The van der Waals surface area contributed by atoms with E-state index in [0.717, 1.165) is 5.56 Å². The Bertz CT molecular complexity index is 603. The molecule has 2 rings (SSSR count). The van der Waals surface area contributed by atoms with Gasteiger partial charge in [-0.25, -0.2) is 4.79 Å². The van der Waals surface area contributed by atoms with Crippen molar-refractivity contribution in [1.82, 2.24) is 15.1 Å². The number of carbonyl (C=O) groups excluding carboxylic acids is 3. The smallest absolute Gasteiger partial charge is 0.410 e. The standard InChI is InChI=1S/C17H22BrN3O4/c1-13(19-15(22)11-18)16(23)20-7-9-21(10-8-20)17(24)25-12-14-5-3-2-4-6-14/h2-6,13H,7-12H2,1H3,(H,19,22)/t13-/m0/s1. The van der Waals surface area contributed by atoms with Crippen LogP contribution in [0.3, 0.4) is 0 Å². The quantitative estimate of drug-likeness (QED) is 0.741. The molecule has 1 heterocycles. The van der Waals surface area contributed by atoms with Gasteiger partial charge in [-0.2, -0.15) is 0 Å². The van der Waals surface area contributed by atoms with E-state index in [0.29, 0.717) is 26.2 Å². The first kappa shape index (κ1) is 19.2. The molecule has 8 heteroatoms. The molecule has 1 atom stereocenters. The minimum Gasteiger partial charge on any atom is -0.445 e. The Morgan fingerprint density at radius 3 is 2.32 bits per heavy atom. The average Bonchev–Trinajstić information content (AvgIpc) is 2.66. The van der Waals surface area contributed by atoms with E-state index in [4.69, 9.17) is 4.74 Å². The van der Waals surface area contributed by atoms with Crippen LogP contribution in [-0.4, -0.2) is 65.3 Å². The average molecular weight is 412 g/mol. The van der Waals surface area contributed by atoms with E-state index >= 15 is 0 Å². The minimum atomic E-state index is -0.582. The van der Waals surface area contributed by atoms with E-state index in [1.807, 2.05) is 30.3 Å². The molecule has 0 bridgehead atoms. The maximum Gasteiger partial charge on any atom is 0.410 e. The number of rotatable bonds is 5. The molecule has 1 aliphatic rings. The summed E-state index contributed by atoms with van der Waals surface area (Å²) in [5.41, 5.74) is 0.932. The van der Waals surface area contributed by atoms with E-state index in [1.165, 1.54) is 0 Å². The second kappa shape index (κ2) is 9.41. The fourth-order valence-corrected chi connectivity index (χ4v) is 2.70. The van der Waals surface area contributed by atoms with Crippen molar-refractivity contribution >= 4 is 33.8 Å². The van der Waals surface area contributed by atoms with E-state index in [9.17, 15) is 14.4 Å². The Labute approximate surface area is 155 Å². The molecule has 1 fully saturated rings. The molecule has 0 aromatic heterocycles. The van der Waals surface area contributed by atoms with Crippen LogP contribution in [0.25, 0.3) is 0 Å². The summed E-state index contributed by atoms with van der Waals surface area (Å²) in [6.45, 7) is 3.57. The Morgan fingerprint density at radius 2 is 1.72 bits per heavy atom. The number of piperazine rings is 1. The number of amides is 3. The lowest BCUT2D eigenvalue weighted by Gasteiger charge is -2.35. The number of halogens is 1. The van der Waals surface area contributed by atoms with Crippen molar-refractivity contribution in [2.75, 3.05) is 31.5 Å². The first-order valence-electron chi connectivity index (χ1n) is 8.11. The van der Waals surface area contributed by atoms with Gasteiger partial charge in [0.25, 0.3) is 0 Å². The number of benzene rings is 1. The normalized spacial score (nSPS) is 15.4. The summed E-state index contributed by atoms with van der Waals surface area (Å²) in [4.78, 5) is 39.0. The topological polar surface area (TPSA) is 79.0 Å². The van der Waals surface area contributed by atoms with Crippen LogP contribution in [-0.2, 0) is 20.9 Å². The Balaban J connectivity index is 1.75. The lowest BCUT2D eigenvalue weighted by atomic mass is 10.2. The van der Waals surface area contributed by atoms with Gasteiger partial charge in [0, 0.05) is 26.2 Å². The van der Waals surface area contributed by atoms with Gasteiger partial charge < -0.3 is 19.9 Å². The van der Waals surface area contributed by atoms with Crippen LogP contribution in [0.1, 0.15) is 12.5 Å². The molecule has 1 saturated heterocycles. The van der Waals surface area contributed by atoms with E-state index in [-0.39, 0.29) is 29.8 Å². The van der Waals surface area contributed by atoms with Gasteiger partial charge in [0.1, 0.15) is 12.6 Å².